The van der Waals surface area contributed by atoms with Gasteiger partial charge in [-0.15, -0.1) is 0 Å². The maximum atomic E-state index is 12.4. The summed E-state index contributed by atoms with van der Waals surface area (Å²) in [5.74, 6) is 1.25. The molecule has 1 fully saturated rings. The van der Waals surface area contributed by atoms with Gasteiger partial charge in [0.15, 0.2) is 0 Å². The lowest BCUT2D eigenvalue weighted by Crippen LogP contribution is -2.38. The highest BCUT2D eigenvalue weighted by Crippen LogP contribution is 2.22. The van der Waals surface area contributed by atoms with E-state index in [1.807, 2.05) is 6.92 Å². The Bertz CT molecular complexity index is 865. The van der Waals surface area contributed by atoms with Gasteiger partial charge in [-0.05, 0) is 41.9 Å². The number of carbonyl (C=O) groups excluding carboxylic acids is 1. The second kappa shape index (κ2) is 9.83. The Balaban J connectivity index is 1.54. The Morgan fingerprint density at radius 2 is 1.72 bits per heavy atom. The first-order chi connectivity index (χ1) is 13.9. The van der Waals surface area contributed by atoms with Crippen LogP contribution in [0.2, 0.25) is 0 Å². The lowest BCUT2D eigenvalue weighted by atomic mass is 9.91. The minimum absolute atomic E-state index is 0.184. The number of piperidine rings is 1. The SMILES string of the molecule is CCCn1nc(C(=O)NCc2ccc(CN3C[C@@H](C)C[C@H](C)C3)cc2)ccc1=O. The molecule has 1 aliphatic rings. The lowest BCUT2D eigenvalue weighted by molar-refractivity contribution is 0.0943. The Labute approximate surface area is 172 Å². The fourth-order valence-electron chi connectivity index (χ4n) is 4.16. The third-order valence-electron chi connectivity index (χ3n) is 5.36. The van der Waals surface area contributed by atoms with Gasteiger partial charge >= 0.3 is 0 Å². The van der Waals surface area contributed by atoms with Gasteiger partial charge in [-0.2, -0.15) is 5.10 Å². The quantitative estimate of drug-likeness (QED) is 0.781. The minimum atomic E-state index is -0.268. The summed E-state index contributed by atoms with van der Waals surface area (Å²) in [7, 11) is 0. The zero-order valence-electron chi connectivity index (χ0n) is 17.7. The molecule has 29 heavy (non-hydrogen) atoms. The number of amides is 1. The molecule has 1 saturated heterocycles. The van der Waals surface area contributed by atoms with Gasteiger partial charge in [0.1, 0.15) is 5.69 Å². The van der Waals surface area contributed by atoms with Crippen LogP contribution >= 0.6 is 0 Å². The lowest BCUT2D eigenvalue weighted by Gasteiger charge is -2.35. The zero-order chi connectivity index (χ0) is 20.8. The number of hydrogen-bond donors (Lipinski definition) is 1. The van der Waals surface area contributed by atoms with Crippen molar-refractivity contribution in [3.63, 3.8) is 0 Å². The summed E-state index contributed by atoms with van der Waals surface area (Å²) >= 11 is 0. The second-order valence-corrected chi connectivity index (χ2v) is 8.42. The maximum Gasteiger partial charge on any atom is 0.271 e. The van der Waals surface area contributed by atoms with Gasteiger partial charge < -0.3 is 5.32 Å². The molecule has 1 aromatic carbocycles. The molecular formula is C23H32N4O2. The molecule has 0 unspecified atom stereocenters. The number of aryl methyl sites for hydroxylation is 1. The standard InChI is InChI=1S/C23H32N4O2/c1-4-11-27-22(28)10-9-21(25-27)23(29)24-13-19-5-7-20(8-6-19)16-26-14-17(2)12-18(3)15-26/h5-10,17-18H,4,11-16H2,1-3H3,(H,24,29)/t17-,18-/m0/s1. The fourth-order valence-corrected chi connectivity index (χ4v) is 4.16. The summed E-state index contributed by atoms with van der Waals surface area (Å²) in [6, 6.07) is 11.3. The number of carbonyl (C=O) groups is 1. The molecule has 1 amide bonds. The van der Waals surface area contributed by atoms with E-state index in [9.17, 15) is 9.59 Å². The van der Waals surface area contributed by atoms with Crippen molar-refractivity contribution in [2.45, 2.75) is 53.2 Å². The molecule has 6 heteroatoms. The van der Waals surface area contributed by atoms with Crippen molar-refractivity contribution in [3.8, 4) is 0 Å². The average molecular weight is 397 g/mol. The topological polar surface area (TPSA) is 67.2 Å². The van der Waals surface area contributed by atoms with E-state index in [-0.39, 0.29) is 17.2 Å². The van der Waals surface area contributed by atoms with E-state index in [1.165, 1.54) is 28.8 Å². The molecule has 6 nitrogen and oxygen atoms in total. The number of nitrogens with zero attached hydrogens (tertiary/aromatic N) is 3. The van der Waals surface area contributed by atoms with Crippen LogP contribution in [-0.4, -0.2) is 33.7 Å². The van der Waals surface area contributed by atoms with E-state index >= 15 is 0 Å². The first kappa shape index (κ1) is 21.2. The van der Waals surface area contributed by atoms with Gasteiger partial charge in [0, 0.05) is 38.8 Å². The van der Waals surface area contributed by atoms with E-state index in [4.69, 9.17) is 0 Å². The first-order valence-corrected chi connectivity index (χ1v) is 10.6. The van der Waals surface area contributed by atoms with Crippen molar-refractivity contribution in [2.75, 3.05) is 13.1 Å². The molecule has 0 spiro atoms. The Kier molecular flexibility index (Phi) is 7.20. The van der Waals surface area contributed by atoms with Crippen LogP contribution in [0.3, 0.4) is 0 Å². The van der Waals surface area contributed by atoms with Crippen molar-refractivity contribution in [2.24, 2.45) is 11.8 Å². The van der Waals surface area contributed by atoms with Crippen molar-refractivity contribution in [3.05, 3.63) is 63.6 Å². The summed E-state index contributed by atoms with van der Waals surface area (Å²) in [4.78, 5) is 26.7. The number of nitrogens with one attached hydrogen (secondary N) is 1. The molecule has 1 aliphatic heterocycles. The summed E-state index contributed by atoms with van der Waals surface area (Å²) < 4.78 is 1.34. The van der Waals surface area contributed by atoms with Crippen molar-refractivity contribution < 1.29 is 4.79 Å². The van der Waals surface area contributed by atoms with Crippen molar-refractivity contribution >= 4 is 5.91 Å². The van der Waals surface area contributed by atoms with Gasteiger partial charge in [0.2, 0.25) is 0 Å². The molecule has 156 valence electrons. The third kappa shape index (κ3) is 6.00. The smallest absolute Gasteiger partial charge is 0.271 e. The number of aromatic nitrogens is 2. The zero-order valence-corrected chi connectivity index (χ0v) is 17.7. The molecule has 0 bridgehead atoms. The fraction of sp³-hybridized carbons (Fsp3) is 0.522. The summed E-state index contributed by atoms with van der Waals surface area (Å²) in [5.41, 5.74) is 2.43. The van der Waals surface area contributed by atoms with Gasteiger partial charge in [-0.1, -0.05) is 45.0 Å². The van der Waals surface area contributed by atoms with E-state index in [0.29, 0.717) is 13.1 Å². The van der Waals surface area contributed by atoms with Crippen LogP contribution in [0.15, 0.2) is 41.2 Å². The van der Waals surface area contributed by atoms with Gasteiger partial charge in [-0.3, -0.25) is 14.5 Å². The molecule has 3 rings (SSSR count). The summed E-state index contributed by atoms with van der Waals surface area (Å²) in [6.45, 7) is 10.9. The van der Waals surface area contributed by atoms with E-state index in [1.54, 1.807) is 0 Å². The first-order valence-electron chi connectivity index (χ1n) is 10.6. The average Bonchev–Trinajstić information content (AvgIpc) is 2.68. The van der Waals surface area contributed by atoms with Crippen molar-refractivity contribution in [1.82, 2.24) is 20.0 Å². The van der Waals surface area contributed by atoms with Crippen LogP contribution in [0.4, 0.5) is 0 Å². The van der Waals surface area contributed by atoms with Crippen LogP contribution in [0.25, 0.3) is 0 Å². The molecule has 0 saturated carbocycles. The number of benzene rings is 1. The molecule has 2 aromatic rings. The summed E-state index contributed by atoms with van der Waals surface area (Å²) in [6.07, 6.45) is 2.11. The molecule has 2 atom stereocenters. The highest BCUT2D eigenvalue weighted by molar-refractivity contribution is 5.91. The number of likely N-dealkylation sites (tertiary alicyclic amines) is 1. The predicted molar refractivity (Wildman–Crippen MR) is 115 cm³/mol. The van der Waals surface area contributed by atoms with E-state index in [0.717, 1.165) is 43.5 Å². The van der Waals surface area contributed by atoms with Gasteiger partial charge in [0.05, 0.1) is 0 Å². The minimum Gasteiger partial charge on any atom is -0.347 e. The molecule has 1 aromatic heterocycles. The largest absolute Gasteiger partial charge is 0.347 e. The van der Waals surface area contributed by atoms with E-state index in [2.05, 4.69) is 53.4 Å². The molecule has 0 aliphatic carbocycles. The van der Waals surface area contributed by atoms with Crippen LogP contribution in [-0.2, 0) is 19.6 Å². The van der Waals surface area contributed by atoms with Crippen LogP contribution < -0.4 is 10.9 Å². The Morgan fingerprint density at radius 1 is 1.07 bits per heavy atom. The van der Waals surface area contributed by atoms with Gasteiger partial charge in [-0.25, -0.2) is 4.68 Å². The molecular weight excluding hydrogens is 364 g/mol. The predicted octanol–water partition coefficient (Wildman–Crippen LogP) is 3.06. The highest BCUT2D eigenvalue weighted by atomic mass is 16.2. The van der Waals surface area contributed by atoms with Gasteiger partial charge in [0.25, 0.3) is 11.5 Å². The molecule has 0 radical (unpaired) electrons. The van der Waals surface area contributed by atoms with E-state index < -0.39 is 0 Å². The Hall–Kier alpha value is -2.47. The maximum absolute atomic E-state index is 12.4. The number of hydrogen-bond acceptors (Lipinski definition) is 4. The Morgan fingerprint density at radius 3 is 2.38 bits per heavy atom. The number of rotatable bonds is 7. The normalized spacial score (nSPS) is 19.8. The summed E-state index contributed by atoms with van der Waals surface area (Å²) in [5, 5.41) is 7.04. The molecule has 2 heterocycles. The molecule has 1 N–H and O–H groups in total. The van der Waals surface area contributed by atoms with Crippen molar-refractivity contribution in [1.29, 1.82) is 0 Å². The third-order valence-corrected chi connectivity index (χ3v) is 5.36. The second-order valence-electron chi connectivity index (χ2n) is 8.42. The highest BCUT2D eigenvalue weighted by Gasteiger charge is 2.21. The van der Waals surface area contributed by atoms with Crippen LogP contribution in [0.1, 0.15) is 55.2 Å². The monoisotopic (exact) mass is 396 g/mol. The van der Waals surface area contributed by atoms with Crippen LogP contribution in [0.5, 0.6) is 0 Å². The van der Waals surface area contributed by atoms with Crippen LogP contribution in [0, 0.1) is 11.8 Å².